The number of piperidine rings is 3. The Balaban J connectivity index is 1.45. The summed E-state index contributed by atoms with van der Waals surface area (Å²) in [6.45, 7) is 14.9. The number of nitrogens with one attached hydrogen (secondary N) is 1. The van der Waals surface area contributed by atoms with E-state index in [1.807, 2.05) is 0 Å². The van der Waals surface area contributed by atoms with Gasteiger partial charge in [0.15, 0.2) is 0 Å². The summed E-state index contributed by atoms with van der Waals surface area (Å²) in [6.07, 6.45) is 3.85. The van der Waals surface area contributed by atoms with Crippen LogP contribution in [-0.2, 0) is 5.54 Å². The Hall–Kier alpha value is -2.06. The molecule has 3 fully saturated rings. The van der Waals surface area contributed by atoms with Crippen molar-refractivity contribution >= 4 is 0 Å². The first kappa shape index (κ1) is 19.3. The molecule has 1 atom stereocenters. The van der Waals surface area contributed by atoms with Crippen LogP contribution < -0.4 is 5.32 Å². The van der Waals surface area contributed by atoms with E-state index in [1.165, 1.54) is 60.4 Å². The highest BCUT2D eigenvalue weighted by atomic mass is 15.1. The molecular weight excluding hydrogens is 340 g/mol. The fourth-order valence-electron chi connectivity index (χ4n) is 5.03. The maximum Gasteiger partial charge on any atom is 0.0566 e. The number of fused-ring (bicyclic) bond motifs is 3. The van der Waals surface area contributed by atoms with E-state index in [4.69, 9.17) is 0 Å². The van der Waals surface area contributed by atoms with Crippen molar-refractivity contribution in [2.75, 3.05) is 19.6 Å². The first-order valence-electron chi connectivity index (χ1n) is 10.8. The second-order valence-corrected chi connectivity index (χ2v) is 9.40. The number of rotatable bonds is 6. The lowest BCUT2D eigenvalue weighted by molar-refractivity contribution is 0.0500. The SMILES string of the molecule is C=C(CC1CN2CCC1CC2)NC(C)(C)c1cccc(-c2ccc(C)cc2)c1. The summed E-state index contributed by atoms with van der Waals surface area (Å²) in [4.78, 5) is 2.63. The standard InChI is InChI=1S/C26H34N2/c1-19-8-10-21(11-9-19)23-6-5-7-25(17-23)26(3,4)27-20(2)16-24-18-28-14-12-22(24)13-15-28/h5-11,17,22,24,27H,2,12-16,18H2,1,3-4H3. The average molecular weight is 375 g/mol. The molecule has 3 saturated heterocycles. The van der Waals surface area contributed by atoms with Crippen molar-refractivity contribution in [1.29, 1.82) is 0 Å². The normalized spacial score (nSPS) is 24.2. The van der Waals surface area contributed by atoms with Gasteiger partial charge in [0.05, 0.1) is 5.54 Å². The van der Waals surface area contributed by atoms with Crippen molar-refractivity contribution in [3.63, 3.8) is 0 Å². The molecule has 2 bridgehead atoms. The molecule has 3 heterocycles. The molecule has 0 aliphatic carbocycles. The van der Waals surface area contributed by atoms with Crippen LogP contribution in [0.5, 0.6) is 0 Å². The third kappa shape index (κ3) is 4.17. The van der Waals surface area contributed by atoms with Gasteiger partial charge in [0.25, 0.3) is 0 Å². The number of benzene rings is 2. The average Bonchev–Trinajstić information content (AvgIpc) is 2.69. The van der Waals surface area contributed by atoms with Crippen LogP contribution in [0.1, 0.15) is 44.2 Å². The smallest absolute Gasteiger partial charge is 0.0566 e. The van der Waals surface area contributed by atoms with Gasteiger partial charge in [-0.2, -0.15) is 0 Å². The van der Waals surface area contributed by atoms with Crippen LogP contribution in [0, 0.1) is 18.8 Å². The van der Waals surface area contributed by atoms with E-state index < -0.39 is 0 Å². The van der Waals surface area contributed by atoms with Crippen LogP contribution in [-0.4, -0.2) is 24.5 Å². The zero-order valence-electron chi connectivity index (χ0n) is 17.7. The molecule has 3 aliphatic heterocycles. The van der Waals surface area contributed by atoms with Crippen LogP contribution in [0.2, 0.25) is 0 Å². The summed E-state index contributed by atoms with van der Waals surface area (Å²) in [5, 5.41) is 3.75. The third-order valence-electron chi connectivity index (χ3n) is 6.76. The molecule has 2 nitrogen and oxygen atoms in total. The summed E-state index contributed by atoms with van der Waals surface area (Å²) in [5.41, 5.74) is 6.20. The van der Waals surface area contributed by atoms with Crippen molar-refractivity contribution < 1.29 is 0 Å². The largest absolute Gasteiger partial charge is 0.380 e. The maximum absolute atomic E-state index is 4.40. The van der Waals surface area contributed by atoms with Gasteiger partial charge in [-0.25, -0.2) is 0 Å². The van der Waals surface area contributed by atoms with Crippen LogP contribution in [0.15, 0.2) is 60.8 Å². The first-order chi connectivity index (χ1) is 13.4. The second-order valence-electron chi connectivity index (χ2n) is 9.40. The summed E-state index contributed by atoms with van der Waals surface area (Å²) in [5.74, 6) is 1.67. The summed E-state index contributed by atoms with van der Waals surface area (Å²) >= 11 is 0. The first-order valence-corrected chi connectivity index (χ1v) is 10.8. The van der Waals surface area contributed by atoms with Crippen LogP contribution in [0.25, 0.3) is 11.1 Å². The molecule has 0 saturated carbocycles. The molecular formula is C26H34N2. The van der Waals surface area contributed by atoms with E-state index in [2.05, 4.69) is 86.1 Å². The summed E-state index contributed by atoms with van der Waals surface area (Å²) < 4.78 is 0. The van der Waals surface area contributed by atoms with Gasteiger partial charge in [0.1, 0.15) is 0 Å². The topological polar surface area (TPSA) is 15.3 Å². The van der Waals surface area contributed by atoms with Crippen molar-refractivity contribution in [2.45, 2.75) is 45.6 Å². The molecule has 2 aromatic carbocycles. The van der Waals surface area contributed by atoms with E-state index in [0.29, 0.717) is 0 Å². The number of aryl methyl sites for hydroxylation is 1. The molecule has 5 rings (SSSR count). The summed E-state index contributed by atoms with van der Waals surface area (Å²) in [6, 6.07) is 17.7. The number of allylic oxidation sites excluding steroid dienone is 1. The molecule has 1 N–H and O–H groups in total. The lowest BCUT2D eigenvalue weighted by Gasteiger charge is -2.45. The molecule has 0 aromatic heterocycles. The van der Waals surface area contributed by atoms with Gasteiger partial charge in [0.2, 0.25) is 0 Å². The molecule has 2 aromatic rings. The zero-order chi connectivity index (χ0) is 19.7. The molecule has 2 heteroatoms. The Kier molecular flexibility index (Phi) is 5.33. The lowest BCUT2D eigenvalue weighted by Crippen LogP contribution is -2.48. The van der Waals surface area contributed by atoms with Crippen LogP contribution in [0.3, 0.4) is 0 Å². The van der Waals surface area contributed by atoms with Gasteiger partial charge in [-0.05, 0) is 87.7 Å². The van der Waals surface area contributed by atoms with E-state index in [1.54, 1.807) is 0 Å². The van der Waals surface area contributed by atoms with Gasteiger partial charge in [-0.15, -0.1) is 0 Å². The quantitative estimate of drug-likeness (QED) is 0.694. The molecule has 3 aliphatic rings. The maximum atomic E-state index is 4.40. The Morgan fingerprint density at radius 2 is 1.79 bits per heavy atom. The summed E-state index contributed by atoms with van der Waals surface area (Å²) in [7, 11) is 0. The van der Waals surface area contributed by atoms with Crippen molar-refractivity contribution in [2.24, 2.45) is 11.8 Å². The van der Waals surface area contributed by atoms with Crippen molar-refractivity contribution in [1.82, 2.24) is 10.2 Å². The fraction of sp³-hybridized carbons (Fsp3) is 0.462. The minimum atomic E-state index is -0.133. The Bertz CT molecular complexity index is 826. The van der Waals surface area contributed by atoms with Gasteiger partial charge in [-0.1, -0.05) is 54.6 Å². The van der Waals surface area contributed by atoms with E-state index in [-0.39, 0.29) is 5.54 Å². The second kappa shape index (κ2) is 7.75. The minimum absolute atomic E-state index is 0.133. The molecule has 0 spiro atoms. The Morgan fingerprint density at radius 1 is 1.07 bits per heavy atom. The fourth-order valence-corrected chi connectivity index (χ4v) is 5.03. The Labute approximate surface area is 170 Å². The van der Waals surface area contributed by atoms with Crippen LogP contribution >= 0.6 is 0 Å². The van der Waals surface area contributed by atoms with Crippen molar-refractivity contribution in [3.05, 3.63) is 71.9 Å². The highest BCUT2D eigenvalue weighted by Crippen LogP contribution is 2.36. The molecule has 1 unspecified atom stereocenters. The highest BCUT2D eigenvalue weighted by Gasteiger charge is 2.34. The molecule has 28 heavy (non-hydrogen) atoms. The van der Waals surface area contributed by atoms with E-state index in [9.17, 15) is 0 Å². The molecule has 0 radical (unpaired) electrons. The minimum Gasteiger partial charge on any atom is -0.380 e. The van der Waals surface area contributed by atoms with E-state index >= 15 is 0 Å². The van der Waals surface area contributed by atoms with Gasteiger partial charge < -0.3 is 10.2 Å². The number of nitrogens with zero attached hydrogens (tertiary/aromatic N) is 1. The lowest BCUT2D eigenvalue weighted by atomic mass is 9.77. The third-order valence-corrected chi connectivity index (χ3v) is 6.76. The van der Waals surface area contributed by atoms with Gasteiger partial charge in [-0.3, -0.25) is 0 Å². The highest BCUT2D eigenvalue weighted by molar-refractivity contribution is 5.64. The monoisotopic (exact) mass is 374 g/mol. The molecule has 0 amide bonds. The zero-order valence-corrected chi connectivity index (χ0v) is 17.7. The predicted octanol–water partition coefficient (Wildman–Crippen LogP) is 5.73. The van der Waals surface area contributed by atoms with E-state index in [0.717, 1.165) is 18.3 Å². The van der Waals surface area contributed by atoms with Crippen molar-refractivity contribution in [3.8, 4) is 11.1 Å². The predicted molar refractivity (Wildman–Crippen MR) is 119 cm³/mol. The number of hydrogen-bond donors (Lipinski definition) is 1. The van der Waals surface area contributed by atoms with Crippen LogP contribution in [0.4, 0.5) is 0 Å². The van der Waals surface area contributed by atoms with Gasteiger partial charge in [0, 0.05) is 12.2 Å². The Morgan fingerprint density at radius 3 is 2.43 bits per heavy atom. The van der Waals surface area contributed by atoms with Gasteiger partial charge >= 0.3 is 0 Å². The molecule has 148 valence electrons. The number of hydrogen-bond acceptors (Lipinski definition) is 2.